The Morgan fingerprint density at radius 2 is 2.24 bits per heavy atom. The predicted molar refractivity (Wildman–Crippen MR) is 97.6 cm³/mol. The highest BCUT2D eigenvalue weighted by Crippen LogP contribution is 2.26. The molecule has 2 amide bonds. The van der Waals surface area contributed by atoms with Gasteiger partial charge in [-0.2, -0.15) is 0 Å². The number of carbonyl (C=O) groups excluding carboxylic acids is 1. The zero-order valence-electron chi connectivity index (χ0n) is 14.2. The molecule has 3 aromatic rings. The molecule has 1 aliphatic rings. The molecule has 1 atom stereocenters. The minimum Gasteiger partial charge on any atom is -0.348 e. The van der Waals surface area contributed by atoms with E-state index in [0.717, 1.165) is 47.5 Å². The lowest BCUT2D eigenvalue weighted by molar-refractivity contribution is 0.191. The molecular formula is C19H21N5O. The van der Waals surface area contributed by atoms with Crippen LogP contribution in [0.15, 0.2) is 42.7 Å². The standard InChI is InChI=1S/C19H21N5O/c1-13-7-8-14-4-2-6-16(17(14)22-13)23-19(25)24-11-3-5-15(12-24)18-20-9-10-21-18/h2,4,6-10,15H,3,5,11-12H2,1H3,(H,20,21)(H,23,25)/t15-/m1/s1. The number of anilines is 1. The Hall–Kier alpha value is -2.89. The van der Waals surface area contributed by atoms with Crippen molar-refractivity contribution in [3.63, 3.8) is 0 Å². The number of nitrogens with one attached hydrogen (secondary N) is 2. The van der Waals surface area contributed by atoms with Crippen LogP contribution >= 0.6 is 0 Å². The number of nitrogens with zero attached hydrogens (tertiary/aromatic N) is 3. The lowest BCUT2D eigenvalue weighted by Gasteiger charge is -2.32. The Morgan fingerprint density at radius 3 is 3.08 bits per heavy atom. The van der Waals surface area contributed by atoms with Gasteiger partial charge in [0.25, 0.3) is 0 Å². The highest BCUT2D eigenvalue weighted by Gasteiger charge is 2.26. The van der Waals surface area contributed by atoms with Gasteiger partial charge in [0.2, 0.25) is 0 Å². The van der Waals surface area contributed by atoms with Crippen LogP contribution in [0.2, 0.25) is 0 Å². The molecule has 25 heavy (non-hydrogen) atoms. The maximum Gasteiger partial charge on any atom is 0.321 e. The summed E-state index contributed by atoms with van der Waals surface area (Å²) >= 11 is 0. The Labute approximate surface area is 146 Å². The molecule has 2 aromatic heterocycles. The molecule has 1 aliphatic heterocycles. The molecule has 0 saturated carbocycles. The first-order valence-electron chi connectivity index (χ1n) is 8.62. The molecule has 1 fully saturated rings. The zero-order chi connectivity index (χ0) is 17.2. The molecule has 6 nitrogen and oxygen atoms in total. The number of aryl methyl sites for hydroxylation is 1. The summed E-state index contributed by atoms with van der Waals surface area (Å²) in [6.07, 6.45) is 5.62. The van der Waals surface area contributed by atoms with E-state index in [1.165, 1.54) is 0 Å². The fourth-order valence-electron chi connectivity index (χ4n) is 3.43. The van der Waals surface area contributed by atoms with E-state index in [1.807, 2.05) is 48.4 Å². The van der Waals surface area contributed by atoms with Gasteiger partial charge in [0.1, 0.15) is 5.82 Å². The summed E-state index contributed by atoms with van der Waals surface area (Å²) in [4.78, 5) is 26.7. The smallest absolute Gasteiger partial charge is 0.321 e. The van der Waals surface area contributed by atoms with Crippen molar-refractivity contribution in [1.82, 2.24) is 19.9 Å². The van der Waals surface area contributed by atoms with E-state index in [9.17, 15) is 4.79 Å². The first kappa shape index (κ1) is 15.6. The normalized spacial score (nSPS) is 17.6. The Bertz CT molecular complexity index is 890. The van der Waals surface area contributed by atoms with Crippen molar-refractivity contribution in [3.05, 3.63) is 54.2 Å². The van der Waals surface area contributed by atoms with Crippen molar-refractivity contribution in [2.75, 3.05) is 18.4 Å². The first-order valence-corrected chi connectivity index (χ1v) is 8.62. The number of H-pyrrole nitrogens is 1. The number of benzene rings is 1. The molecule has 6 heteroatoms. The molecule has 0 bridgehead atoms. The van der Waals surface area contributed by atoms with Gasteiger partial charge < -0.3 is 15.2 Å². The number of likely N-dealkylation sites (tertiary alicyclic amines) is 1. The lowest BCUT2D eigenvalue weighted by Crippen LogP contribution is -2.41. The van der Waals surface area contributed by atoms with Crippen LogP contribution in [0.1, 0.15) is 30.3 Å². The van der Waals surface area contributed by atoms with Crippen LogP contribution in [-0.2, 0) is 0 Å². The van der Waals surface area contributed by atoms with E-state index in [4.69, 9.17) is 0 Å². The van der Waals surface area contributed by atoms with Gasteiger partial charge in [0.15, 0.2) is 0 Å². The molecule has 0 aliphatic carbocycles. The van der Waals surface area contributed by atoms with Crippen LogP contribution in [-0.4, -0.2) is 39.0 Å². The number of piperidine rings is 1. The fourth-order valence-corrected chi connectivity index (χ4v) is 3.43. The topological polar surface area (TPSA) is 73.9 Å². The summed E-state index contributed by atoms with van der Waals surface area (Å²) in [5, 5.41) is 4.07. The number of aromatic nitrogens is 3. The Morgan fingerprint density at radius 1 is 1.32 bits per heavy atom. The zero-order valence-corrected chi connectivity index (χ0v) is 14.2. The van der Waals surface area contributed by atoms with Crippen LogP contribution in [0.5, 0.6) is 0 Å². The molecule has 4 rings (SSSR count). The van der Waals surface area contributed by atoms with E-state index in [-0.39, 0.29) is 11.9 Å². The summed E-state index contributed by atoms with van der Waals surface area (Å²) < 4.78 is 0. The van der Waals surface area contributed by atoms with Gasteiger partial charge in [0, 0.05) is 42.5 Å². The summed E-state index contributed by atoms with van der Waals surface area (Å²) in [5.41, 5.74) is 2.52. The van der Waals surface area contributed by atoms with Crippen LogP contribution in [0, 0.1) is 6.92 Å². The van der Waals surface area contributed by atoms with Crippen LogP contribution in [0.25, 0.3) is 10.9 Å². The fraction of sp³-hybridized carbons (Fsp3) is 0.316. The molecule has 0 spiro atoms. The quantitative estimate of drug-likeness (QED) is 0.750. The van der Waals surface area contributed by atoms with Gasteiger partial charge in [-0.25, -0.2) is 9.78 Å². The van der Waals surface area contributed by atoms with E-state index < -0.39 is 0 Å². The van der Waals surface area contributed by atoms with Crippen molar-refractivity contribution in [3.8, 4) is 0 Å². The largest absolute Gasteiger partial charge is 0.348 e. The van der Waals surface area contributed by atoms with Crippen molar-refractivity contribution in [2.24, 2.45) is 0 Å². The van der Waals surface area contributed by atoms with Gasteiger partial charge in [-0.05, 0) is 31.9 Å². The van der Waals surface area contributed by atoms with Gasteiger partial charge >= 0.3 is 6.03 Å². The van der Waals surface area contributed by atoms with Crippen molar-refractivity contribution in [2.45, 2.75) is 25.7 Å². The molecule has 0 unspecified atom stereocenters. The Balaban J connectivity index is 1.53. The van der Waals surface area contributed by atoms with E-state index >= 15 is 0 Å². The average Bonchev–Trinajstić information content (AvgIpc) is 3.17. The minimum absolute atomic E-state index is 0.0768. The number of carbonyl (C=O) groups is 1. The van der Waals surface area contributed by atoms with Crippen molar-refractivity contribution in [1.29, 1.82) is 0 Å². The maximum atomic E-state index is 12.8. The highest BCUT2D eigenvalue weighted by atomic mass is 16.2. The summed E-state index contributed by atoms with van der Waals surface area (Å²) in [5.74, 6) is 1.22. The summed E-state index contributed by atoms with van der Waals surface area (Å²) in [6, 6.07) is 9.78. The van der Waals surface area contributed by atoms with Gasteiger partial charge in [-0.1, -0.05) is 18.2 Å². The number of rotatable bonds is 2. The number of para-hydroxylation sites is 1. The van der Waals surface area contributed by atoms with Crippen LogP contribution in [0.3, 0.4) is 0 Å². The number of imidazole rings is 1. The van der Waals surface area contributed by atoms with E-state index in [0.29, 0.717) is 6.54 Å². The molecule has 1 saturated heterocycles. The molecule has 1 aromatic carbocycles. The second-order valence-corrected chi connectivity index (χ2v) is 6.52. The highest BCUT2D eigenvalue weighted by molar-refractivity contribution is 5.99. The van der Waals surface area contributed by atoms with E-state index in [1.54, 1.807) is 6.20 Å². The number of pyridine rings is 1. The van der Waals surface area contributed by atoms with Gasteiger partial charge in [0.05, 0.1) is 11.2 Å². The third-order valence-corrected chi connectivity index (χ3v) is 4.72. The number of urea groups is 1. The van der Waals surface area contributed by atoms with Crippen molar-refractivity contribution < 1.29 is 4.79 Å². The van der Waals surface area contributed by atoms with Crippen LogP contribution in [0.4, 0.5) is 10.5 Å². The molecule has 0 radical (unpaired) electrons. The summed E-state index contributed by atoms with van der Waals surface area (Å²) in [7, 11) is 0. The SMILES string of the molecule is Cc1ccc2cccc(NC(=O)N3CCC[C@@H](c4ncc[nH]4)C3)c2n1. The lowest BCUT2D eigenvalue weighted by atomic mass is 9.98. The Kier molecular flexibility index (Phi) is 4.09. The minimum atomic E-state index is -0.0768. The first-order chi connectivity index (χ1) is 12.2. The predicted octanol–water partition coefficient (Wildman–Crippen LogP) is 3.68. The maximum absolute atomic E-state index is 12.8. The average molecular weight is 335 g/mol. The molecule has 3 heterocycles. The monoisotopic (exact) mass is 335 g/mol. The molecule has 2 N–H and O–H groups in total. The molecular weight excluding hydrogens is 314 g/mol. The second-order valence-electron chi connectivity index (χ2n) is 6.52. The number of amides is 2. The van der Waals surface area contributed by atoms with Gasteiger partial charge in [-0.15, -0.1) is 0 Å². The van der Waals surface area contributed by atoms with Crippen LogP contribution < -0.4 is 5.32 Å². The number of hydrogen-bond donors (Lipinski definition) is 2. The number of aromatic amines is 1. The van der Waals surface area contributed by atoms with E-state index in [2.05, 4.69) is 20.3 Å². The van der Waals surface area contributed by atoms with Gasteiger partial charge in [-0.3, -0.25) is 4.98 Å². The van der Waals surface area contributed by atoms with Crippen molar-refractivity contribution >= 4 is 22.6 Å². The molecule has 128 valence electrons. The third-order valence-electron chi connectivity index (χ3n) is 4.72. The third kappa shape index (κ3) is 3.20. The second kappa shape index (κ2) is 6.55. The number of fused-ring (bicyclic) bond motifs is 1. The number of hydrogen-bond acceptors (Lipinski definition) is 3. The summed E-state index contributed by atoms with van der Waals surface area (Å²) in [6.45, 7) is 3.40.